The van der Waals surface area contributed by atoms with E-state index < -0.39 is 11.7 Å². The van der Waals surface area contributed by atoms with Crippen LogP contribution in [0.15, 0.2) is 48.6 Å². The molecule has 1 aliphatic heterocycles. The van der Waals surface area contributed by atoms with E-state index in [4.69, 9.17) is 4.74 Å². The fraction of sp³-hybridized carbons (Fsp3) is 0.458. The Kier molecular flexibility index (Phi) is 6.44. The second-order valence-corrected chi connectivity index (χ2v) is 8.93. The van der Waals surface area contributed by atoms with E-state index in [9.17, 15) is 14.4 Å². The maximum atomic E-state index is 12.7. The van der Waals surface area contributed by atoms with Gasteiger partial charge in [0.25, 0.3) is 0 Å². The van der Waals surface area contributed by atoms with E-state index >= 15 is 0 Å². The number of nitrogens with one attached hydrogen (secondary N) is 1. The predicted molar refractivity (Wildman–Crippen MR) is 115 cm³/mol. The lowest BCUT2D eigenvalue weighted by molar-refractivity contribution is -0.139. The van der Waals surface area contributed by atoms with Gasteiger partial charge < -0.3 is 10.1 Å². The molecule has 0 radical (unpaired) electrons. The summed E-state index contributed by atoms with van der Waals surface area (Å²) < 4.78 is 5.22. The molecule has 1 heterocycles. The van der Waals surface area contributed by atoms with Gasteiger partial charge in [-0.15, -0.1) is 0 Å². The number of carbonyl (C=O) groups excluding carboxylic acids is 3. The average Bonchev–Trinajstić information content (AvgIpc) is 3.15. The minimum absolute atomic E-state index is 0.00470. The van der Waals surface area contributed by atoms with Gasteiger partial charge in [-0.3, -0.25) is 14.5 Å². The summed E-state index contributed by atoms with van der Waals surface area (Å²) in [5, 5.41) is 2.69. The number of carbonyl (C=O) groups is 3. The van der Waals surface area contributed by atoms with Crippen molar-refractivity contribution in [3.8, 4) is 0 Å². The summed E-state index contributed by atoms with van der Waals surface area (Å²) in [6.45, 7) is 5.74. The summed E-state index contributed by atoms with van der Waals surface area (Å²) in [6.07, 6.45) is 8.12. The van der Waals surface area contributed by atoms with E-state index in [1.165, 1.54) is 4.90 Å². The van der Waals surface area contributed by atoms with Crippen molar-refractivity contribution < 1.29 is 19.1 Å². The number of allylic oxidation sites excluding steroid dienone is 2. The van der Waals surface area contributed by atoms with Crippen LogP contribution in [0.2, 0.25) is 0 Å². The molecule has 2 aliphatic rings. The Hall–Kier alpha value is -2.89. The van der Waals surface area contributed by atoms with Crippen LogP contribution in [0.1, 0.15) is 32.8 Å². The van der Waals surface area contributed by atoms with Crippen molar-refractivity contribution in [2.24, 2.45) is 23.7 Å². The Morgan fingerprint density at radius 3 is 2.30 bits per heavy atom. The molecule has 4 atom stereocenters. The number of nitrogens with zero attached hydrogens (tertiary/aromatic N) is 1. The van der Waals surface area contributed by atoms with Crippen LogP contribution in [-0.4, -0.2) is 42.0 Å². The van der Waals surface area contributed by atoms with Gasteiger partial charge in [0, 0.05) is 13.6 Å². The quantitative estimate of drug-likeness (QED) is 0.594. The number of rotatable bonds is 5. The van der Waals surface area contributed by atoms with Crippen LogP contribution < -0.4 is 5.32 Å². The molecule has 1 aromatic rings. The first-order valence-electron chi connectivity index (χ1n) is 10.4. The molecular formula is C24H30N2O4. The number of likely N-dealkylation sites (tertiary alicyclic amines) is 1. The van der Waals surface area contributed by atoms with Crippen molar-refractivity contribution in [1.29, 1.82) is 0 Å². The summed E-state index contributed by atoms with van der Waals surface area (Å²) in [5.74, 6) is -0.917. The minimum Gasteiger partial charge on any atom is -0.444 e. The number of hydrogen-bond donors (Lipinski definition) is 1. The first kappa shape index (κ1) is 21.8. The molecule has 1 aliphatic carbocycles. The maximum absolute atomic E-state index is 12.7. The molecule has 3 rings (SSSR count). The SMILES string of the molecule is CN1C(=O)C2C(/C=C/CNC(=O)OC(C)(C)C)CC(/C=C/c3ccccc3)C2C1=O. The van der Waals surface area contributed by atoms with Gasteiger partial charge in [0.15, 0.2) is 0 Å². The molecular weight excluding hydrogens is 380 g/mol. The highest BCUT2D eigenvalue weighted by Crippen LogP contribution is 2.48. The standard InChI is InChI=1S/C24H30N2O4/c1-24(2,3)30-23(29)25-14-8-11-17-15-18(13-12-16-9-6-5-7-10-16)20-19(17)21(27)26(4)22(20)28/h5-13,17-20H,14-15H2,1-4H3,(H,25,29)/b11-8+,13-12+. The summed E-state index contributed by atoms with van der Waals surface area (Å²) >= 11 is 0. The summed E-state index contributed by atoms with van der Waals surface area (Å²) in [5.41, 5.74) is 0.520. The molecule has 4 unspecified atom stereocenters. The third-order valence-electron chi connectivity index (χ3n) is 5.57. The number of ether oxygens (including phenoxy) is 1. The number of fused-ring (bicyclic) bond motifs is 1. The molecule has 0 aromatic heterocycles. The number of imide groups is 1. The topological polar surface area (TPSA) is 75.7 Å². The number of amides is 3. The first-order valence-corrected chi connectivity index (χ1v) is 10.4. The zero-order valence-corrected chi connectivity index (χ0v) is 18.0. The molecule has 1 aromatic carbocycles. The van der Waals surface area contributed by atoms with Crippen LogP contribution in [0.5, 0.6) is 0 Å². The third kappa shape index (κ3) is 4.99. The van der Waals surface area contributed by atoms with Crippen molar-refractivity contribution in [1.82, 2.24) is 10.2 Å². The lowest BCUT2D eigenvalue weighted by atomic mass is 9.89. The molecule has 3 amide bonds. The maximum Gasteiger partial charge on any atom is 0.407 e. The summed E-state index contributed by atoms with van der Waals surface area (Å²) in [7, 11) is 1.56. The van der Waals surface area contributed by atoms with Gasteiger partial charge in [-0.1, -0.05) is 54.6 Å². The van der Waals surface area contributed by atoms with Gasteiger partial charge in [0.2, 0.25) is 11.8 Å². The highest BCUT2D eigenvalue weighted by molar-refractivity contribution is 6.05. The van der Waals surface area contributed by atoms with Gasteiger partial charge in [-0.05, 0) is 44.6 Å². The largest absolute Gasteiger partial charge is 0.444 e. The van der Waals surface area contributed by atoms with E-state index in [1.807, 2.05) is 69.3 Å². The molecule has 1 saturated carbocycles. The van der Waals surface area contributed by atoms with Gasteiger partial charge >= 0.3 is 6.09 Å². The van der Waals surface area contributed by atoms with Crippen molar-refractivity contribution in [3.05, 3.63) is 54.1 Å². The second kappa shape index (κ2) is 8.86. The van der Waals surface area contributed by atoms with Crippen LogP contribution in [0.3, 0.4) is 0 Å². The molecule has 160 valence electrons. The normalized spacial score (nSPS) is 26.6. The van der Waals surface area contributed by atoms with E-state index in [0.717, 1.165) is 12.0 Å². The van der Waals surface area contributed by atoms with Crippen LogP contribution >= 0.6 is 0 Å². The molecule has 30 heavy (non-hydrogen) atoms. The highest BCUT2D eigenvalue weighted by atomic mass is 16.6. The van der Waals surface area contributed by atoms with Crippen LogP contribution in [-0.2, 0) is 14.3 Å². The van der Waals surface area contributed by atoms with Crippen molar-refractivity contribution in [2.45, 2.75) is 32.8 Å². The number of alkyl carbamates (subject to hydrolysis) is 1. The highest BCUT2D eigenvalue weighted by Gasteiger charge is 2.56. The Morgan fingerprint density at radius 1 is 1.10 bits per heavy atom. The second-order valence-electron chi connectivity index (χ2n) is 8.93. The van der Waals surface area contributed by atoms with Crippen LogP contribution in [0.4, 0.5) is 4.79 Å². The molecule has 1 N–H and O–H groups in total. The van der Waals surface area contributed by atoms with E-state index in [0.29, 0.717) is 6.54 Å². The Balaban J connectivity index is 1.67. The van der Waals surface area contributed by atoms with Gasteiger partial charge in [0.05, 0.1) is 11.8 Å². The number of hydrogen-bond acceptors (Lipinski definition) is 4. The van der Waals surface area contributed by atoms with E-state index in [1.54, 1.807) is 7.05 Å². The number of benzene rings is 1. The van der Waals surface area contributed by atoms with Crippen molar-refractivity contribution in [3.63, 3.8) is 0 Å². The van der Waals surface area contributed by atoms with Crippen molar-refractivity contribution in [2.75, 3.05) is 13.6 Å². The monoisotopic (exact) mass is 410 g/mol. The fourth-order valence-electron chi connectivity index (χ4n) is 4.26. The zero-order chi connectivity index (χ0) is 21.9. The van der Waals surface area contributed by atoms with Crippen LogP contribution in [0.25, 0.3) is 6.08 Å². The lowest BCUT2D eigenvalue weighted by Gasteiger charge is -2.19. The molecule has 6 nitrogen and oxygen atoms in total. The molecule has 2 fully saturated rings. The lowest BCUT2D eigenvalue weighted by Crippen LogP contribution is -2.32. The van der Waals surface area contributed by atoms with Gasteiger partial charge in [-0.25, -0.2) is 4.79 Å². The predicted octanol–water partition coefficient (Wildman–Crippen LogP) is 3.65. The first-order chi connectivity index (χ1) is 14.2. The fourth-order valence-corrected chi connectivity index (χ4v) is 4.26. The van der Waals surface area contributed by atoms with Gasteiger partial charge in [0.1, 0.15) is 5.60 Å². The molecule has 0 bridgehead atoms. The average molecular weight is 411 g/mol. The van der Waals surface area contributed by atoms with E-state index in [2.05, 4.69) is 11.4 Å². The molecule has 0 spiro atoms. The molecule has 1 saturated heterocycles. The third-order valence-corrected chi connectivity index (χ3v) is 5.57. The minimum atomic E-state index is -0.550. The summed E-state index contributed by atoms with van der Waals surface area (Å²) in [4.78, 5) is 38.4. The Bertz CT molecular complexity index is 854. The summed E-state index contributed by atoms with van der Waals surface area (Å²) in [6, 6.07) is 9.92. The van der Waals surface area contributed by atoms with Crippen LogP contribution in [0, 0.1) is 23.7 Å². The Labute approximate surface area is 178 Å². The van der Waals surface area contributed by atoms with Crippen molar-refractivity contribution >= 4 is 24.0 Å². The smallest absolute Gasteiger partial charge is 0.407 e. The molecule has 6 heteroatoms. The van der Waals surface area contributed by atoms with Gasteiger partial charge in [-0.2, -0.15) is 0 Å². The zero-order valence-electron chi connectivity index (χ0n) is 18.0. The Morgan fingerprint density at radius 2 is 1.70 bits per heavy atom. The van der Waals surface area contributed by atoms with E-state index in [-0.39, 0.29) is 35.5 Å².